The SMILES string of the molecule is Cc1ccccc1/C=C/NC(=O)NC(c1ccccc1)c1ccccc1. The van der Waals surface area contributed by atoms with Crippen molar-refractivity contribution in [1.29, 1.82) is 0 Å². The van der Waals surface area contributed by atoms with Crippen LogP contribution in [0.25, 0.3) is 6.08 Å². The highest BCUT2D eigenvalue weighted by molar-refractivity contribution is 5.77. The standard InChI is InChI=1S/C23H22N2O/c1-18-10-8-9-11-19(18)16-17-24-23(26)25-22(20-12-4-2-5-13-20)21-14-6-3-7-15-21/h2-17,22H,1H3,(H2,24,25,26)/b17-16+. The highest BCUT2D eigenvalue weighted by atomic mass is 16.2. The lowest BCUT2D eigenvalue weighted by molar-refractivity contribution is 0.242. The van der Waals surface area contributed by atoms with Crippen LogP contribution in [0, 0.1) is 6.92 Å². The topological polar surface area (TPSA) is 41.1 Å². The molecule has 130 valence electrons. The molecule has 0 bridgehead atoms. The predicted molar refractivity (Wildman–Crippen MR) is 107 cm³/mol. The van der Waals surface area contributed by atoms with Gasteiger partial charge >= 0.3 is 6.03 Å². The van der Waals surface area contributed by atoms with Gasteiger partial charge in [0.1, 0.15) is 0 Å². The molecule has 26 heavy (non-hydrogen) atoms. The zero-order valence-corrected chi connectivity index (χ0v) is 14.7. The molecule has 0 aliphatic rings. The summed E-state index contributed by atoms with van der Waals surface area (Å²) >= 11 is 0. The molecule has 0 atom stereocenters. The van der Waals surface area contributed by atoms with E-state index in [0.29, 0.717) is 0 Å². The molecule has 3 heteroatoms. The van der Waals surface area contributed by atoms with Crippen molar-refractivity contribution in [3.8, 4) is 0 Å². The average molecular weight is 342 g/mol. The third-order valence-electron chi connectivity index (χ3n) is 4.21. The van der Waals surface area contributed by atoms with Crippen LogP contribution < -0.4 is 10.6 Å². The number of urea groups is 1. The van der Waals surface area contributed by atoms with Gasteiger partial charge in [-0.15, -0.1) is 0 Å². The highest BCUT2D eigenvalue weighted by Crippen LogP contribution is 2.21. The van der Waals surface area contributed by atoms with Gasteiger partial charge in [-0.25, -0.2) is 4.79 Å². The van der Waals surface area contributed by atoms with Crippen molar-refractivity contribution in [3.05, 3.63) is 113 Å². The lowest BCUT2D eigenvalue weighted by Gasteiger charge is -2.19. The first-order valence-electron chi connectivity index (χ1n) is 8.63. The summed E-state index contributed by atoms with van der Waals surface area (Å²) in [4.78, 5) is 12.4. The molecule has 0 fully saturated rings. The number of amides is 2. The van der Waals surface area contributed by atoms with Crippen LogP contribution in [0.15, 0.2) is 91.1 Å². The number of hydrogen-bond acceptors (Lipinski definition) is 1. The molecule has 2 N–H and O–H groups in total. The van der Waals surface area contributed by atoms with E-state index in [1.165, 1.54) is 0 Å². The molecule has 0 saturated carbocycles. The van der Waals surface area contributed by atoms with Crippen LogP contribution in [0.4, 0.5) is 4.79 Å². The summed E-state index contributed by atoms with van der Waals surface area (Å²) < 4.78 is 0. The minimum Gasteiger partial charge on any atom is -0.327 e. The molecule has 3 rings (SSSR count). The van der Waals surface area contributed by atoms with Crippen molar-refractivity contribution in [2.45, 2.75) is 13.0 Å². The first kappa shape index (κ1) is 17.5. The molecule has 2 amide bonds. The fourth-order valence-electron chi connectivity index (χ4n) is 2.80. The fourth-order valence-corrected chi connectivity index (χ4v) is 2.80. The number of aryl methyl sites for hydroxylation is 1. The van der Waals surface area contributed by atoms with Crippen molar-refractivity contribution in [3.63, 3.8) is 0 Å². The molecule has 0 heterocycles. The summed E-state index contributed by atoms with van der Waals surface area (Å²) in [7, 11) is 0. The summed E-state index contributed by atoms with van der Waals surface area (Å²) in [5.41, 5.74) is 4.32. The summed E-state index contributed by atoms with van der Waals surface area (Å²) in [6.07, 6.45) is 3.57. The van der Waals surface area contributed by atoms with Crippen LogP contribution in [-0.4, -0.2) is 6.03 Å². The number of carbonyl (C=O) groups excluding carboxylic acids is 1. The summed E-state index contributed by atoms with van der Waals surface area (Å²) in [5.74, 6) is 0. The first-order chi connectivity index (χ1) is 12.7. The Kier molecular flexibility index (Phi) is 5.84. The van der Waals surface area contributed by atoms with Gasteiger partial charge in [0.25, 0.3) is 0 Å². The van der Waals surface area contributed by atoms with Crippen LogP contribution in [-0.2, 0) is 0 Å². The van der Waals surface area contributed by atoms with Gasteiger partial charge in [-0.3, -0.25) is 0 Å². The third-order valence-corrected chi connectivity index (χ3v) is 4.21. The normalized spacial score (nSPS) is 10.8. The van der Waals surface area contributed by atoms with Gasteiger partial charge in [-0.05, 0) is 35.3 Å². The Balaban J connectivity index is 1.71. The van der Waals surface area contributed by atoms with Gasteiger partial charge in [0.2, 0.25) is 0 Å². The molecule has 0 aliphatic heterocycles. The fraction of sp³-hybridized carbons (Fsp3) is 0.0870. The van der Waals surface area contributed by atoms with Crippen LogP contribution in [0.3, 0.4) is 0 Å². The quantitative estimate of drug-likeness (QED) is 0.669. The van der Waals surface area contributed by atoms with E-state index in [4.69, 9.17) is 0 Å². The molecule has 0 aromatic heterocycles. The number of benzene rings is 3. The van der Waals surface area contributed by atoms with E-state index in [2.05, 4.69) is 10.6 Å². The summed E-state index contributed by atoms with van der Waals surface area (Å²) in [5, 5.41) is 5.85. The maximum atomic E-state index is 12.4. The Bertz CT molecular complexity index is 833. The molecular formula is C23H22N2O. The minimum atomic E-state index is -0.243. The van der Waals surface area contributed by atoms with Crippen molar-refractivity contribution >= 4 is 12.1 Å². The van der Waals surface area contributed by atoms with E-state index >= 15 is 0 Å². The zero-order chi connectivity index (χ0) is 18.2. The Morgan fingerprint density at radius 3 is 1.92 bits per heavy atom. The molecule has 0 spiro atoms. The first-order valence-corrected chi connectivity index (χ1v) is 8.63. The van der Waals surface area contributed by atoms with Gasteiger partial charge in [-0.1, -0.05) is 84.9 Å². The van der Waals surface area contributed by atoms with Crippen molar-refractivity contribution < 1.29 is 4.79 Å². The highest BCUT2D eigenvalue weighted by Gasteiger charge is 2.15. The van der Waals surface area contributed by atoms with Crippen molar-refractivity contribution in [2.75, 3.05) is 0 Å². The van der Waals surface area contributed by atoms with E-state index in [0.717, 1.165) is 22.3 Å². The largest absolute Gasteiger partial charge is 0.327 e. The van der Waals surface area contributed by atoms with Crippen LogP contribution in [0.1, 0.15) is 28.3 Å². The minimum absolute atomic E-state index is 0.204. The van der Waals surface area contributed by atoms with E-state index in [-0.39, 0.29) is 12.1 Å². The maximum absolute atomic E-state index is 12.4. The molecule has 0 radical (unpaired) electrons. The lowest BCUT2D eigenvalue weighted by atomic mass is 9.99. The van der Waals surface area contributed by atoms with Crippen molar-refractivity contribution in [1.82, 2.24) is 10.6 Å². The van der Waals surface area contributed by atoms with E-state index in [1.54, 1.807) is 6.20 Å². The number of rotatable bonds is 5. The zero-order valence-electron chi connectivity index (χ0n) is 14.7. The lowest BCUT2D eigenvalue weighted by Crippen LogP contribution is -2.35. The van der Waals surface area contributed by atoms with Gasteiger partial charge < -0.3 is 10.6 Å². The molecule has 0 unspecified atom stereocenters. The third kappa shape index (κ3) is 4.61. The van der Waals surface area contributed by atoms with E-state index in [1.807, 2.05) is 97.9 Å². The smallest absolute Gasteiger partial charge is 0.319 e. The molecule has 0 saturated heterocycles. The van der Waals surface area contributed by atoms with Gasteiger partial charge in [-0.2, -0.15) is 0 Å². The second-order valence-corrected chi connectivity index (χ2v) is 6.06. The maximum Gasteiger partial charge on any atom is 0.319 e. The number of hydrogen-bond donors (Lipinski definition) is 2. The monoisotopic (exact) mass is 342 g/mol. The predicted octanol–water partition coefficient (Wildman–Crippen LogP) is 5.05. The molecule has 0 aliphatic carbocycles. The van der Waals surface area contributed by atoms with Crippen LogP contribution in [0.2, 0.25) is 0 Å². The van der Waals surface area contributed by atoms with E-state index in [9.17, 15) is 4.79 Å². The summed E-state index contributed by atoms with van der Waals surface area (Å²) in [6, 6.07) is 27.5. The number of nitrogens with one attached hydrogen (secondary N) is 2. The Morgan fingerprint density at radius 1 is 0.808 bits per heavy atom. The molecule has 3 nitrogen and oxygen atoms in total. The van der Waals surface area contributed by atoms with Gasteiger partial charge in [0.05, 0.1) is 6.04 Å². The Morgan fingerprint density at radius 2 is 1.35 bits per heavy atom. The Labute approximate surface area is 154 Å². The number of carbonyl (C=O) groups is 1. The molecular weight excluding hydrogens is 320 g/mol. The van der Waals surface area contributed by atoms with Crippen LogP contribution >= 0.6 is 0 Å². The van der Waals surface area contributed by atoms with E-state index < -0.39 is 0 Å². The Hall–Kier alpha value is -3.33. The molecule has 3 aromatic rings. The summed E-state index contributed by atoms with van der Waals surface area (Å²) in [6.45, 7) is 2.04. The second-order valence-electron chi connectivity index (χ2n) is 6.06. The van der Waals surface area contributed by atoms with Gasteiger partial charge in [0.15, 0.2) is 0 Å². The average Bonchev–Trinajstić information content (AvgIpc) is 2.69. The second kappa shape index (κ2) is 8.67. The van der Waals surface area contributed by atoms with Gasteiger partial charge in [0, 0.05) is 6.20 Å². The van der Waals surface area contributed by atoms with Crippen molar-refractivity contribution in [2.24, 2.45) is 0 Å². The molecule has 3 aromatic carbocycles. The van der Waals surface area contributed by atoms with Crippen LogP contribution in [0.5, 0.6) is 0 Å².